The van der Waals surface area contributed by atoms with Gasteiger partial charge >= 0.3 is 0 Å². The molecule has 0 bridgehead atoms. The second-order valence-electron chi connectivity index (χ2n) is 5.08. The summed E-state index contributed by atoms with van der Waals surface area (Å²) in [5, 5.41) is 66.5. The van der Waals surface area contributed by atoms with Gasteiger partial charge in [-0.15, -0.1) is 0 Å². The van der Waals surface area contributed by atoms with Crippen LogP contribution in [0.1, 0.15) is 0 Å². The van der Waals surface area contributed by atoms with Crippen LogP contribution < -0.4 is 0 Å². The van der Waals surface area contributed by atoms with Crippen LogP contribution >= 0.6 is 0 Å². The van der Waals surface area contributed by atoms with Gasteiger partial charge in [-0.05, 0) is 0 Å². The first-order valence-electron chi connectivity index (χ1n) is 6.48. The molecule has 2 aliphatic rings. The molecule has 0 saturated carbocycles. The molecule has 0 amide bonds. The average Bonchev–Trinajstić information content (AvgIpc) is 2.48. The predicted molar refractivity (Wildman–Crippen MR) is 62.6 cm³/mol. The third-order valence-electron chi connectivity index (χ3n) is 3.61. The second-order valence-corrected chi connectivity index (χ2v) is 5.08. The molecule has 9 atom stereocenters. The van der Waals surface area contributed by atoms with Crippen LogP contribution in [0.2, 0.25) is 0 Å². The topological polar surface area (TPSA) is 169 Å². The van der Waals surface area contributed by atoms with Crippen LogP contribution in [0.3, 0.4) is 0 Å². The number of hydrogen-bond donors (Lipinski definition) is 7. The van der Waals surface area contributed by atoms with Gasteiger partial charge in [0.1, 0.15) is 42.7 Å². The molecule has 0 unspecified atom stereocenters. The first-order valence-corrected chi connectivity index (χ1v) is 6.48. The van der Waals surface area contributed by atoms with Crippen LogP contribution in [0.25, 0.3) is 0 Å². The van der Waals surface area contributed by atoms with Crippen LogP contribution in [0.15, 0.2) is 0 Å². The van der Waals surface area contributed by atoms with E-state index in [-0.39, 0.29) is 6.61 Å². The molecule has 2 rings (SSSR count). The van der Waals surface area contributed by atoms with Crippen molar-refractivity contribution in [1.82, 2.24) is 0 Å². The molecule has 2 heterocycles. The Morgan fingerprint density at radius 1 is 0.857 bits per heavy atom. The van der Waals surface area contributed by atoms with E-state index >= 15 is 0 Å². The van der Waals surface area contributed by atoms with Gasteiger partial charge < -0.3 is 50.0 Å². The quantitative estimate of drug-likeness (QED) is 0.268. The summed E-state index contributed by atoms with van der Waals surface area (Å²) in [5.41, 5.74) is 0. The summed E-state index contributed by atoms with van der Waals surface area (Å²) in [6.07, 6.45) is -13.2. The van der Waals surface area contributed by atoms with Gasteiger partial charge in [0, 0.05) is 0 Å². The largest absolute Gasteiger partial charge is 0.394 e. The molecule has 0 aliphatic carbocycles. The zero-order valence-corrected chi connectivity index (χ0v) is 11.0. The Hall–Kier alpha value is -0.400. The van der Waals surface area contributed by atoms with E-state index < -0.39 is 61.9 Å². The van der Waals surface area contributed by atoms with Crippen LogP contribution in [0.5, 0.6) is 0 Å². The molecule has 21 heavy (non-hydrogen) atoms. The Morgan fingerprint density at radius 3 is 2.14 bits per heavy atom. The van der Waals surface area contributed by atoms with Crippen molar-refractivity contribution in [2.24, 2.45) is 0 Å². The van der Waals surface area contributed by atoms with Gasteiger partial charge in [0.15, 0.2) is 12.6 Å². The maximum absolute atomic E-state index is 9.78. The first kappa shape index (κ1) is 17.0. The van der Waals surface area contributed by atoms with E-state index in [0.29, 0.717) is 0 Å². The van der Waals surface area contributed by atoms with Crippen LogP contribution in [-0.2, 0) is 14.2 Å². The molecule has 2 saturated heterocycles. The lowest BCUT2D eigenvalue weighted by atomic mass is 9.99. The van der Waals surface area contributed by atoms with Crippen molar-refractivity contribution >= 4 is 0 Å². The number of ether oxygens (including phenoxy) is 3. The minimum Gasteiger partial charge on any atom is -0.394 e. The van der Waals surface area contributed by atoms with Crippen molar-refractivity contribution in [2.45, 2.75) is 55.3 Å². The highest BCUT2D eigenvalue weighted by Crippen LogP contribution is 2.25. The van der Waals surface area contributed by atoms with E-state index in [0.717, 1.165) is 0 Å². The lowest BCUT2D eigenvalue weighted by Crippen LogP contribution is -2.62. The van der Waals surface area contributed by atoms with Crippen LogP contribution in [0.4, 0.5) is 0 Å². The smallest absolute Gasteiger partial charge is 0.187 e. The fraction of sp³-hybridized carbons (Fsp3) is 1.00. The summed E-state index contributed by atoms with van der Waals surface area (Å²) in [5.74, 6) is 0. The van der Waals surface area contributed by atoms with Crippen molar-refractivity contribution in [3.05, 3.63) is 0 Å². The molecule has 0 aromatic carbocycles. The lowest BCUT2D eigenvalue weighted by Gasteiger charge is -2.43. The molecule has 10 nitrogen and oxygen atoms in total. The highest BCUT2D eigenvalue weighted by atomic mass is 16.7. The summed E-state index contributed by atoms with van der Waals surface area (Å²) in [6, 6.07) is 0. The van der Waals surface area contributed by atoms with E-state index in [1.807, 2.05) is 0 Å². The molecule has 0 radical (unpaired) electrons. The molecule has 0 spiro atoms. The third-order valence-corrected chi connectivity index (χ3v) is 3.61. The zero-order valence-electron chi connectivity index (χ0n) is 11.0. The van der Waals surface area contributed by atoms with Crippen molar-refractivity contribution in [3.8, 4) is 0 Å². The molecule has 10 heteroatoms. The predicted octanol–water partition coefficient (Wildman–Crippen LogP) is -4.76. The average molecular weight is 312 g/mol. The lowest BCUT2D eigenvalue weighted by molar-refractivity contribution is -0.340. The first-order chi connectivity index (χ1) is 9.86. The number of aliphatic hydroxyl groups excluding tert-OH is 7. The van der Waals surface area contributed by atoms with E-state index in [2.05, 4.69) is 0 Å². The zero-order chi connectivity index (χ0) is 15.7. The number of rotatable bonds is 3. The van der Waals surface area contributed by atoms with Crippen molar-refractivity contribution in [1.29, 1.82) is 0 Å². The number of aliphatic hydroxyl groups is 7. The third kappa shape index (κ3) is 3.35. The van der Waals surface area contributed by atoms with Crippen LogP contribution in [0, 0.1) is 0 Å². The maximum Gasteiger partial charge on any atom is 0.187 e. The van der Waals surface area contributed by atoms with E-state index in [1.54, 1.807) is 0 Å². The second kappa shape index (κ2) is 6.79. The Labute approximate surface area is 119 Å². The van der Waals surface area contributed by atoms with Gasteiger partial charge in [-0.25, -0.2) is 0 Å². The molecule has 2 aliphatic heterocycles. The fourth-order valence-corrected chi connectivity index (χ4v) is 2.25. The van der Waals surface area contributed by atoms with Crippen molar-refractivity contribution in [3.63, 3.8) is 0 Å². The Kier molecular flexibility index (Phi) is 5.48. The molecule has 0 aromatic heterocycles. The van der Waals surface area contributed by atoms with Gasteiger partial charge in [0.2, 0.25) is 0 Å². The molecular weight excluding hydrogens is 292 g/mol. The molecule has 0 aromatic rings. The standard InChI is InChI=1S/C11H20O10/c12-1-3-5(13)7(15)9(17)11(20-3)21-4-2-19-10(18)8(16)6(4)14/h3-18H,1-2H2/t3-,4-,5+,6+,7+,8-,9-,10+,11+/m1/s1. The minimum absolute atomic E-state index is 0.283. The van der Waals surface area contributed by atoms with Crippen molar-refractivity contribution in [2.75, 3.05) is 13.2 Å². The Bertz CT molecular complexity index is 339. The summed E-state index contributed by atoms with van der Waals surface area (Å²) in [6.45, 7) is -0.899. The Balaban J connectivity index is 2.01. The monoisotopic (exact) mass is 312 g/mol. The number of hydrogen-bond acceptors (Lipinski definition) is 10. The molecule has 2 fully saturated rings. The van der Waals surface area contributed by atoms with E-state index in [1.165, 1.54) is 0 Å². The van der Waals surface area contributed by atoms with Gasteiger partial charge in [0.05, 0.1) is 13.2 Å². The van der Waals surface area contributed by atoms with Crippen molar-refractivity contribution < 1.29 is 50.0 Å². The normalized spacial score (nSPS) is 51.9. The molecular formula is C11H20O10. The van der Waals surface area contributed by atoms with Gasteiger partial charge in [0.25, 0.3) is 0 Å². The highest BCUT2D eigenvalue weighted by Gasteiger charge is 2.47. The minimum atomic E-state index is -1.63. The summed E-state index contributed by atoms with van der Waals surface area (Å²) in [4.78, 5) is 0. The highest BCUT2D eigenvalue weighted by molar-refractivity contribution is 4.91. The van der Waals surface area contributed by atoms with Gasteiger partial charge in [-0.1, -0.05) is 0 Å². The van der Waals surface area contributed by atoms with Crippen LogP contribution in [-0.4, -0.2) is 104 Å². The summed E-state index contributed by atoms with van der Waals surface area (Å²) in [7, 11) is 0. The fourth-order valence-electron chi connectivity index (χ4n) is 2.25. The maximum atomic E-state index is 9.78. The van der Waals surface area contributed by atoms with Gasteiger partial charge in [-0.3, -0.25) is 0 Å². The SMILES string of the molecule is OC[C@H]1O[C@@H](O[C@@H]2CO[C@H](O)[C@H](O)[C@H]2O)[C@H](O)[C@@H](O)[C@H]1O. The summed E-state index contributed by atoms with van der Waals surface area (Å²) >= 11 is 0. The van der Waals surface area contributed by atoms with E-state index in [4.69, 9.17) is 19.3 Å². The van der Waals surface area contributed by atoms with E-state index in [9.17, 15) is 30.6 Å². The molecule has 7 N–H and O–H groups in total. The van der Waals surface area contributed by atoms with Gasteiger partial charge in [-0.2, -0.15) is 0 Å². The Morgan fingerprint density at radius 2 is 1.52 bits per heavy atom. The molecule has 124 valence electrons. The summed E-state index contributed by atoms with van der Waals surface area (Å²) < 4.78 is 15.1.